The van der Waals surface area contributed by atoms with Gasteiger partial charge in [-0.2, -0.15) is 0 Å². The second-order valence-electron chi connectivity index (χ2n) is 5.08. The quantitative estimate of drug-likeness (QED) is 0.849. The van der Waals surface area contributed by atoms with Gasteiger partial charge in [0.1, 0.15) is 0 Å². The molecule has 2 rings (SSSR count). The minimum atomic E-state index is 0.00417. The molecule has 2 heterocycles. The number of nitrogens with zero attached hydrogens (tertiary/aromatic N) is 2. The molecule has 1 saturated heterocycles. The van der Waals surface area contributed by atoms with Crippen molar-refractivity contribution in [3.05, 3.63) is 30.1 Å². The summed E-state index contributed by atoms with van der Waals surface area (Å²) in [7, 11) is 0. The summed E-state index contributed by atoms with van der Waals surface area (Å²) < 4.78 is 5.60. The van der Waals surface area contributed by atoms with E-state index in [9.17, 15) is 4.79 Å². The van der Waals surface area contributed by atoms with Gasteiger partial charge in [0.05, 0.1) is 19.1 Å². The summed E-state index contributed by atoms with van der Waals surface area (Å²) in [6.07, 6.45) is 4.97. The van der Waals surface area contributed by atoms with Crippen molar-refractivity contribution < 1.29 is 9.53 Å². The maximum atomic E-state index is 12.4. The maximum absolute atomic E-state index is 12.4. The Labute approximate surface area is 120 Å². The van der Waals surface area contributed by atoms with Crippen LogP contribution in [0.15, 0.2) is 24.5 Å². The van der Waals surface area contributed by atoms with E-state index >= 15 is 0 Å². The van der Waals surface area contributed by atoms with Crippen LogP contribution >= 0.6 is 0 Å². The SMILES string of the molecule is CCCN(Cc1cccnc1)C(=O)C[C@H]1CNCCO1. The van der Waals surface area contributed by atoms with Gasteiger partial charge >= 0.3 is 0 Å². The molecule has 0 unspecified atom stereocenters. The number of carbonyl (C=O) groups is 1. The van der Waals surface area contributed by atoms with E-state index in [1.807, 2.05) is 23.2 Å². The summed E-state index contributed by atoms with van der Waals surface area (Å²) in [6.45, 7) is 5.81. The molecule has 0 aliphatic carbocycles. The van der Waals surface area contributed by atoms with Crippen molar-refractivity contribution in [3.8, 4) is 0 Å². The van der Waals surface area contributed by atoms with E-state index in [1.165, 1.54) is 0 Å². The number of nitrogens with one attached hydrogen (secondary N) is 1. The van der Waals surface area contributed by atoms with Crippen molar-refractivity contribution in [1.29, 1.82) is 0 Å². The number of pyridine rings is 1. The van der Waals surface area contributed by atoms with Crippen LogP contribution in [0.1, 0.15) is 25.3 Å². The second-order valence-corrected chi connectivity index (χ2v) is 5.08. The van der Waals surface area contributed by atoms with Crippen LogP contribution in [0.25, 0.3) is 0 Å². The van der Waals surface area contributed by atoms with Gasteiger partial charge in [-0.15, -0.1) is 0 Å². The van der Waals surface area contributed by atoms with E-state index in [0.717, 1.165) is 31.6 Å². The maximum Gasteiger partial charge on any atom is 0.225 e. The molecule has 5 heteroatoms. The summed E-state index contributed by atoms with van der Waals surface area (Å²) in [5.41, 5.74) is 1.07. The molecule has 1 N–H and O–H groups in total. The molecule has 0 spiro atoms. The predicted molar refractivity (Wildman–Crippen MR) is 77.2 cm³/mol. The molecule has 1 aliphatic heterocycles. The van der Waals surface area contributed by atoms with E-state index in [1.54, 1.807) is 6.20 Å². The molecule has 1 fully saturated rings. The van der Waals surface area contributed by atoms with Gasteiger partial charge in [-0.3, -0.25) is 9.78 Å². The van der Waals surface area contributed by atoms with Crippen molar-refractivity contribution >= 4 is 5.91 Å². The average Bonchev–Trinajstić information content (AvgIpc) is 2.49. The second kappa shape index (κ2) is 7.97. The van der Waals surface area contributed by atoms with Crippen LogP contribution in [-0.2, 0) is 16.1 Å². The van der Waals surface area contributed by atoms with Crippen LogP contribution in [0, 0.1) is 0 Å². The summed E-state index contributed by atoms with van der Waals surface area (Å²) >= 11 is 0. The van der Waals surface area contributed by atoms with Gasteiger partial charge in [-0.05, 0) is 18.1 Å². The Balaban J connectivity index is 1.91. The van der Waals surface area contributed by atoms with Gasteiger partial charge in [-0.1, -0.05) is 13.0 Å². The summed E-state index contributed by atoms with van der Waals surface area (Å²) in [5, 5.41) is 3.26. The van der Waals surface area contributed by atoms with Crippen LogP contribution in [-0.4, -0.2) is 48.1 Å². The number of carbonyl (C=O) groups excluding carboxylic acids is 1. The fourth-order valence-corrected chi connectivity index (χ4v) is 2.35. The molecule has 110 valence electrons. The van der Waals surface area contributed by atoms with E-state index in [0.29, 0.717) is 19.6 Å². The highest BCUT2D eigenvalue weighted by atomic mass is 16.5. The molecule has 0 saturated carbocycles. The third-order valence-corrected chi connectivity index (χ3v) is 3.35. The molecule has 1 aromatic rings. The summed E-state index contributed by atoms with van der Waals surface area (Å²) in [4.78, 5) is 18.4. The van der Waals surface area contributed by atoms with Crippen molar-refractivity contribution in [2.75, 3.05) is 26.2 Å². The molecule has 0 aromatic carbocycles. The lowest BCUT2D eigenvalue weighted by atomic mass is 10.2. The minimum Gasteiger partial charge on any atom is -0.375 e. The zero-order valence-electron chi connectivity index (χ0n) is 12.0. The highest BCUT2D eigenvalue weighted by Crippen LogP contribution is 2.09. The van der Waals surface area contributed by atoms with Crippen molar-refractivity contribution in [3.63, 3.8) is 0 Å². The fourth-order valence-electron chi connectivity index (χ4n) is 2.35. The minimum absolute atomic E-state index is 0.00417. The zero-order chi connectivity index (χ0) is 14.2. The van der Waals surface area contributed by atoms with Crippen molar-refractivity contribution in [1.82, 2.24) is 15.2 Å². The van der Waals surface area contributed by atoms with E-state index in [-0.39, 0.29) is 12.0 Å². The van der Waals surface area contributed by atoms with Gasteiger partial charge in [0, 0.05) is 38.6 Å². The average molecular weight is 277 g/mol. The predicted octanol–water partition coefficient (Wildman–Crippen LogP) is 1.20. The first-order valence-electron chi connectivity index (χ1n) is 7.28. The number of hydrogen-bond acceptors (Lipinski definition) is 4. The zero-order valence-corrected chi connectivity index (χ0v) is 12.0. The molecule has 0 bridgehead atoms. The molecule has 1 amide bonds. The largest absolute Gasteiger partial charge is 0.375 e. The third-order valence-electron chi connectivity index (χ3n) is 3.35. The highest BCUT2D eigenvalue weighted by Gasteiger charge is 2.21. The number of aromatic nitrogens is 1. The fraction of sp³-hybridized carbons (Fsp3) is 0.600. The molecule has 1 aromatic heterocycles. The Morgan fingerprint density at radius 2 is 2.50 bits per heavy atom. The Kier molecular flexibility index (Phi) is 5.95. The summed E-state index contributed by atoms with van der Waals surface area (Å²) in [6, 6.07) is 3.90. The molecule has 5 nitrogen and oxygen atoms in total. The van der Waals surface area contributed by atoms with E-state index in [4.69, 9.17) is 4.74 Å². The Morgan fingerprint density at radius 3 is 3.15 bits per heavy atom. The van der Waals surface area contributed by atoms with Crippen molar-refractivity contribution in [2.45, 2.75) is 32.4 Å². The topological polar surface area (TPSA) is 54.5 Å². The highest BCUT2D eigenvalue weighted by molar-refractivity contribution is 5.76. The summed E-state index contributed by atoms with van der Waals surface area (Å²) in [5.74, 6) is 0.157. The number of morpholine rings is 1. The number of hydrogen-bond donors (Lipinski definition) is 1. The molecule has 0 radical (unpaired) electrons. The Hall–Kier alpha value is -1.46. The van der Waals surface area contributed by atoms with Crippen LogP contribution in [0.5, 0.6) is 0 Å². The Morgan fingerprint density at radius 1 is 1.60 bits per heavy atom. The molecule has 20 heavy (non-hydrogen) atoms. The molecular formula is C15H23N3O2. The first-order chi connectivity index (χ1) is 9.79. The number of rotatable bonds is 6. The van der Waals surface area contributed by atoms with Crippen LogP contribution < -0.4 is 5.32 Å². The lowest BCUT2D eigenvalue weighted by Crippen LogP contribution is -2.42. The normalized spacial score (nSPS) is 18.8. The van der Waals surface area contributed by atoms with Crippen molar-refractivity contribution in [2.24, 2.45) is 0 Å². The molecule has 1 atom stereocenters. The van der Waals surface area contributed by atoms with E-state index < -0.39 is 0 Å². The van der Waals surface area contributed by atoms with Gasteiger partial charge < -0.3 is 15.0 Å². The smallest absolute Gasteiger partial charge is 0.225 e. The number of amides is 1. The standard InChI is InChI=1S/C15H23N3O2/c1-2-7-18(12-13-4-3-5-16-10-13)15(19)9-14-11-17-6-8-20-14/h3-5,10,14,17H,2,6-9,11-12H2,1H3/t14-/m0/s1. The lowest BCUT2D eigenvalue weighted by molar-refractivity contribution is -0.135. The van der Waals surface area contributed by atoms with Gasteiger partial charge in [0.15, 0.2) is 0 Å². The molecular weight excluding hydrogens is 254 g/mol. The monoisotopic (exact) mass is 277 g/mol. The van der Waals surface area contributed by atoms with Gasteiger partial charge in [0.2, 0.25) is 5.91 Å². The van der Waals surface area contributed by atoms with Crippen LogP contribution in [0.2, 0.25) is 0 Å². The van der Waals surface area contributed by atoms with Crippen LogP contribution in [0.4, 0.5) is 0 Å². The van der Waals surface area contributed by atoms with Gasteiger partial charge in [0.25, 0.3) is 0 Å². The Bertz CT molecular complexity index is 405. The van der Waals surface area contributed by atoms with Crippen LogP contribution in [0.3, 0.4) is 0 Å². The first kappa shape index (κ1) is 14.9. The first-order valence-corrected chi connectivity index (χ1v) is 7.28. The van der Waals surface area contributed by atoms with Gasteiger partial charge in [-0.25, -0.2) is 0 Å². The number of ether oxygens (including phenoxy) is 1. The van der Waals surface area contributed by atoms with E-state index in [2.05, 4.69) is 17.2 Å². The lowest BCUT2D eigenvalue weighted by Gasteiger charge is -2.27. The molecule has 1 aliphatic rings. The third kappa shape index (κ3) is 4.58.